The molecule has 0 amide bonds. The summed E-state index contributed by atoms with van der Waals surface area (Å²) < 4.78 is 12.9. The molecule has 9 heteroatoms. The average Bonchev–Trinajstić information content (AvgIpc) is 3.34. The maximum Gasteiger partial charge on any atom is 0.186 e. The van der Waals surface area contributed by atoms with E-state index in [1.54, 1.807) is 0 Å². The zero-order chi connectivity index (χ0) is 34.2. The van der Waals surface area contributed by atoms with Crippen LogP contribution in [0, 0.1) is 45.3 Å². The van der Waals surface area contributed by atoms with Crippen molar-refractivity contribution in [3.05, 3.63) is 11.6 Å². The van der Waals surface area contributed by atoms with E-state index in [9.17, 15) is 35.7 Å². The highest BCUT2D eigenvalue weighted by Gasteiger charge is 2.73. The summed E-state index contributed by atoms with van der Waals surface area (Å²) in [7, 11) is 0. The van der Waals surface area contributed by atoms with Crippen LogP contribution in [0.4, 0.5) is 0 Å². The number of aliphatic hydroxyl groups excluding tert-OH is 6. The van der Waals surface area contributed by atoms with Gasteiger partial charge in [-0.3, -0.25) is 0 Å². The lowest BCUT2D eigenvalue weighted by Crippen LogP contribution is -2.71. The molecule has 46 heavy (non-hydrogen) atoms. The SMILES string of the molecule is CC(C)=CCC[C@](C)(O)[C@H]1CC[C@]2(C)[C@@H]1[C@H](O)C[C@@H]1[C@@]3(C)CC[C@H](O)C(C)(C)[C@@H]3[C@@H](O[C@@H]3O[C@H](CCO)[C@@H](O)[C@H](O)[C@H]3O)C[C@]12C. The third-order valence-corrected chi connectivity index (χ3v) is 14.6. The lowest BCUT2D eigenvalue weighted by molar-refractivity contribution is -0.345. The van der Waals surface area contributed by atoms with Crippen molar-refractivity contribution in [2.45, 2.75) is 168 Å². The van der Waals surface area contributed by atoms with Crippen LogP contribution in [-0.4, -0.2) is 97.0 Å². The minimum absolute atomic E-state index is 0.0512. The van der Waals surface area contributed by atoms with Gasteiger partial charge in [0.05, 0.1) is 30.0 Å². The minimum Gasteiger partial charge on any atom is -0.396 e. The Kier molecular flexibility index (Phi) is 10.0. The Morgan fingerprint density at radius 3 is 2.24 bits per heavy atom. The summed E-state index contributed by atoms with van der Waals surface area (Å²) in [6.45, 7) is 17.0. The van der Waals surface area contributed by atoms with Crippen LogP contribution in [0.5, 0.6) is 0 Å². The molecule has 16 atom stereocenters. The Balaban J connectivity index is 1.54. The molecule has 0 radical (unpaired) electrons. The second-order valence-electron chi connectivity index (χ2n) is 17.8. The Morgan fingerprint density at radius 2 is 1.61 bits per heavy atom. The molecule has 5 rings (SSSR count). The van der Waals surface area contributed by atoms with Crippen LogP contribution in [0.2, 0.25) is 0 Å². The predicted molar refractivity (Wildman–Crippen MR) is 174 cm³/mol. The van der Waals surface area contributed by atoms with E-state index in [1.165, 1.54) is 5.57 Å². The quantitative estimate of drug-likeness (QED) is 0.153. The van der Waals surface area contributed by atoms with Crippen molar-refractivity contribution >= 4 is 0 Å². The van der Waals surface area contributed by atoms with Crippen LogP contribution in [0.15, 0.2) is 11.6 Å². The summed E-state index contributed by atoms with van der Waals surface area (Å²) in [4.78, 5) is 0. The Bertz CT molecular complexity index is 1120. The number of allylic oxidation sites excluding steroid dienone is 2. The molecule has 4 saturated carbocycles. The van der Waals surface area contributed by atoms with Gasteiger partial charge in [-0.1, -0.05) is 46.3 Å². The fourth-order valence-electron chi connectivity index (χ4n) is 12.1. The molecule has 1 aliphatic heterocycles. The summed E-state index contributed by atoms with van der Waals surface area (Å²) in [5.41, 5.74) is -1.17. The van der Waals surface area contributed by atoms with Crippen molar-refractivity contribution in [2.24, 2.45) is 45.3 Å². The number of ether oxygens (including phenoxy) is 2. The number of fused-ring (bicyclic) bond motifs is 5. The highest BCUT2D eigenvalue weighted by molar-refractivity contribution is 5.22. The Labute approximate surface area is 276 Å². The van der Waals surface area contributed by atoms with Crippen LogP contribution in [0.1, 0.15) is 113 Å². The molecule has 7 N–H and O–H groups in total. The lowest BCUT2D eigenvalue weighted by atomic mass is 9.34. The van der Waals surface area contributed by atoms with E-state index >= 15 is 0 Å². The first-order chi connectivity index (χ1) is 21.3. The third-order valence-electron chi connectivity index (χ3n) is 14.6. The van der Waals surface area contributed by atoms with E-state index in [-0.39, 0.29) is 52.9 Å². The fourth-order valence-corrected chi connectivity index (χ4v) is 12.1. The molecular formula is C37H64O9. The van der Waals surface area contributed by atoms with Gasteiger partial charge in [0.25, 0.3) is 0 Å². The number of hydrogen-bond acceptors (Lipinski definition) is 9. The smallest absolute Gasteiger partial charge is 0.186 e. The van der Waals surface area contributed by atoms with E-state index in [4.69, 9.17) is 9.47 Å². The third kappa shape index (κ3) is 5.65. The van der Waals surface area contributed by atoms with Crippen LogP contribution >= 0.6 is 0 Å². The summed E-state index contributed by atoms with van der Waals surface area (Å²) in [5, 5.41) is 77.4. The van der Waals surface area contributed by atoms with Crippen molar-refractivity contribution in [3.63, 3.8) is 0 Å². The van der Waals surface area contributed by atoms with Gasteiger partial charge >= 0.3 is 0 Å². The fraction of sp³-hybridized carbons (Fsp3) is 0.946. The van der Waals surface area contributed by atoms with Crippen molar-refractivity contribution in [3.8, 4) is 0 Å². The lowest BCUT2D eigenvalue weighted by Gasteiger charge is -2.72. The van der Waals surface area contributed by atoms with Crippen molar-refractivity contribution < 1.29 is 45.2 Å². The van der Waals surface area contributed by atoms with Crippen LogP contribution in [0.3, 0.4) is 0 Å². The molecule has 266 valence electrons. The van der Waals surface area contributed by atoms with E-state index < -0.39 is 60.0 Å². The van der Waals surface area contributed by atoms with E-state index in [0.29, 0.717) is 25.7 Å². The molecule has 0 unspecified atom stereocenters. The number of aliphatic hydroxyl groups is 7. The standard InChI is InChI=1S/C37H64O9/c1-20(2)10-9-14-37(8,44)21-11-16-35(6)27(21)22(39)18-25-34(5)15-12-26(40)33(3,4)31(34)24(19-36(25,35)7)46-32-30(43)29(42)28(41)23(45-32)13-17-38/h10,21-32,38-44H,9,11-19H2,1-8H3/t21-,22+,23+,24-,25+,26-,27-,28+,29-,30+,31-,32-,34+,35+,36+,37-/m0/s1. The van der Waals surface area contributed by atoms with Crippen LogP contribution in [-0.2, 0) is 9.47 Å². The average molecular weight is 653 g/mol. The molecular weight excluding hydrogens is 588 g/mol. The molecule has 1 saturated heterocycles. The second-order valence-corrected chi connectivity index (χ2v) is 17.8. The molecule has 0 aromatic carbocycles. The molecule has 9 nitrogen and oxygen atoms in total. The largest absolute Gasteiger partial charge is 0.396 e. The van der Waals surface area contributed by atoms with E-state index in [0.717, 1.165) is 25.7 Å². The van der Waals surface area contributed by atoms with Gasteiger partial charge in [-0.2, -0.15) is 0 Å². The second kappa shape index (κ2) is 12.6. The first kappa shape index (κ1) is 36.7. The maximum absolute atomic E-state index is 12.1. The predicted octanol–water partition coefficient (Wildman–Crippen LogP) is 3.69. The topological polar surface area (TPSA) is 160 Å². The highest BCUT2D eigenvalue weighted by atomic mass is 16.7. The van der Waals surface area contributed by atoms with Gasteiger partial charge in [0.15, 0.2) is 6.29 Å². The molecule has 0 spiro atoms. The zero-order valence-electron chi connectivity index (χ0n) is 29.5. The first-order valence-electron chi connectivity index (χ1n) is 17.9. The summed E-state index contributed by atoms with van der Waals surface area (Å²) in [6, 6.07) is 0. The van der Waals surface area contributed by atoms with Gasteiger partial charge in [0.1, 0.15) is 18.3 Å². The van der Waals surface area contributed by atoms with Gasteiger partial charge in [0, 0.05) is 6.61 Å². The maximum atomic E-state index is 12.1. The number of hydrogen-bond donors (Lipinski definition) is 7. The van der Waals surface area contributed by atoms with Crippen molar-refractivity contribution in [1.29, 1.82) is 0 Å². The summed E-state index contributed by atoms with van der Waals surface area (Å²) in [6.07, 6.45) is 0.00431. The molecule has 5 fully saturated rings. The molecule has 0 bridgehead atoms. The Morgan fingerprint density at radius 1 is 0.935 bits per heavy atom. The van der Waals surface area contributed by atoms with E-state index in [1.807, 2.05) is 6.92 Å². The molecule has 5 aliphatic rings. The van der Waals surface area contributed by atoms with Gasteiger partial charge in [-0.15, -0.1) is 0 Å². The van der Waals surface area contributed by atoms with Gasteiger partial charge in [-0.05, 0) is 124 Å². The summed E-state index contributed by atoms with van der Waals surface area (Å²) in [5.74, 6) is -0.158. The highest BCUT2D eigenvalue weighted by Crippen LogP contribution is 2.76. The zero-order valence-corrected chi connectivity index (χ0v) is 29.5. The molecule has 0 aromatic rings. The molecule has 4 aliphatic carbocycles. The monoisotopic (exact) mass is 652 g/mol. The van der Waals surface area contributed by atoms with Gasteiger partial charge < -0.3 is 45.2 Å². The normalized spacial score (nSPS) is 51.4. The van der Waals surface area contributed by atoms with Gasteiger partial charge in [-0.25, -0.2) is 0 Å². The van der Waals surface area contributed by atoms with Crippen molar-refractivity contribution in [1.82, 2.24) is 0 Å². The van der Waals surface area contributed by atoms with Crippen LogP contribution < -0.4 is 0 Å². The first-order valence-corrected chi connectivity index (χ1v) is 17.9. The van der Waals surface area contributed by atoms with E-state index in [2.05, 4.69) is 54.5 Å². The molecule has 1 heterocycles. The minimum atomic E-state index is -1.49. The number of rotatable bonds is 8. The molecule has 0 aromatic heterocycles. The van der Waals surface area contributed by atoms with Gasteiger partial charge in [0.2, 0.25) is 0 Å². The van der Waals surface area contributed by atoms with Crippen molar-refractivity contribution in [2.75, 3.05) is 6.61 Å². The summed E-state index contributed by atoms with van der Waals surface area (Å²) >= 11 is 0. The van der Waals surface area contributed by atoms with Crippen LogP contribution in [0.25, 0.3) is 0 Å². The Hall–Kier alpha value is -0.620.